The maximum Gasteiger partial charge on any atom is 0.249 e. The Morgan fingerprint density at radius 2 is 1.88 bits per heavy atom. The summed E-state index contributed by atoms with van der Waals surface area (Å²) in [5, 5.41) is 23.0. The van der Waals surface area contributed by atoms with Crippen molar-refractivity contribution in [1.29, 1.82) is 5.26 Å². The molecule has 2 N–H and O–H groups in total. The van der Waals surface area contributed by atoms with Gasteiger partial charge in [0.1, 0.15) is 0 Å². The van der Waals surface area contributed by atoms with E-state index in [9.17, 15) is 0 Å². The van der Waals surface area contributed by atoms with Gasteiger partial charge >= 0.3 is 0 Å². The van der Waals surface area contributed by atoms with Gasteiger partial charge in [-0.1, -0.05) is 6.07 Å². The summed E-state index contributed by atoms with van der Waals surface area (Å²) in [5.74, 6) is 0.943. The van der Waals surface area contributed by atoms with E-state index in [0.717, 1.165) is 21.4 Å². The third kappa shape index (κ3) is 3.86. The first-order valence-electron chi connectivity index (χ1n) is 7.14. The lowest BCUT2D eigenvalue weighted by Crippen LogP contribution is -2.02. The summed E-state index contributed by atoms with van der Waals surface area (Å²) in [6.45, 7) is 2.02. The number of anilines is 4. The van der Waals surface area contributed by atoms with E-state index in [4.69, 9.17) is 5.26 Å². The minimum atomic E-state index is 0.387. The lowest BCUT2D eigenvalue weighted by Gasteiger charge is -2.09. The van der Waals surface area contributed by atoms with Gasteiger partial charge in [-0.2, -0.15) is 15.3 Å². The van der Waals surface area contributed by atoms with E-state index in [2.05, 4.69) is 47.8 Å². The second kappa shape index (κ2) is 7.06. The highest BCUT2D eigenvalue weighted by atomic mass is 79.9. The summed E-state index contributed by atoms with van der Waals surface area (Å²) in [5.41, 5.74) is 3.44. The molecule has 118 valence electrons. The van der Waals surface area contributed by atoms with Crippen LogP contribution in [0, 0.1) is 18.3 Å². The first-order valence-corrected chi connectivity index (χ1v) is 7.93. The highest BCUT2D eigenvalue weighted by Gasteiger charge is 2.05. The van der Waals surface area contributed by atoms with Crippen LogP contribution in [0.2, 0.25) is 0 Å². The molecule has 1 aromatic heterocycles. The molecule has 0 spiro atoms. The molecule has 0 bridgehead atoms. The van der Waals surface area contributed by atoms with Gasteiger partial charge in [0.15, 0.2) is 5.82 Å². The Bertz CT molecular complexity index is 902. The van der Waals surface area contributed by atoms with E-state index in [1.54, 1.807) is 12.1 Å². The summed E-state index contributed by atoms with van der Waals surface area (Å²) < 4.78 is 0.927. The Balaban J connectivity index is 1.77. The van der Waals surface area contributed by atoms with Crippen molar-refractivity contribution in [3.05, 3.63) is 64.3 Å². The summed E-state index contributed by atoms with van der Waals surface area (Å²) in [6.07, 6.45) is 1.54. The van der Waals surface area contributed by atoms with Gasteiger partial charge in [0, 0.05) is 10.2 Å². The minimum Gasteiger partial charge on any atom is -0.339 e. The fourth-order valence-electron chi connectivity index (χ4n) is 2.03. The van der Waals surface area contributed by atoms with Crippen molar-refractivity contribution < 1.29 is 0 Å². The molecule has 0 fully saturated rings. The van der Waals surface area contributed by atoms with Crippen molar-refractivity contribution in [2.75, 3.05) is 10.6 Å². The monoisotopic (exact) mass is 380 g/mol. The number of aromatic nitrogens is 3. The molecule has 0 saturated heterocycles. The second-order valence-electron chi connectivity index (χ2n) is 5.09. The number of aryl methyl sites for hydroxylation is 1. The van der Waals surface area contributed by atoms with Crippen LogP contribution >= 0.6 is 15.9 Å². The molecular formula is C17H13BrN6. The highest BCUT2D eigenvalue weighted by molar-refractivity contribution is 9.10. The number of hydrogen-bond acceptors (Lipinski definition) is 6. The van der Waals surface area contributed by atoms with E-state index in [1.807, 2.05) is 37.3 Å². The van der Waals surface area contributed by atoms with Crippen LogP contribution in [0.3, 0.4) is 0 Å². The van der Waals surface area contributed by atoms with Crippen molar-refractivity contribution in [1.82, 2.24) is 15.2 Å². The van der Waals surface area contributed by atoms with Gasteiger partial charge in [-0.15, -0.1) is 5.10 Å². The van der Waals surface area contributed by atoms with Gasteiger partial charge in [-0.05, 0) is 64.8 Å². The number of hydrogen-bond donors (Lipinski definition) is 2. The van der Waals surface area contributed by atoms with Gasteiger partial charge in [-0.25, -0.2) is 0 Å². The minimum absolute atomic E-state index is 0.387. The standard InChI is InChI=1S/C17H13BrN6/c1-11-2-7-15(14(18)8-11)22-17-23-16(10-20-24-17)21-13-5-3-12(9-19)4-6-13/h2-8,10H,1H3,(H2,21,22,23,24). The quantitative estimate of drug-likeness (QED) is 0.701. The number of halogens is 1. The average Bonchev–Trinajstić information content (AvgIpc) is 2.58. The first-order chi connectivity index (χ1) is 11.6. The third-order valence-corrected chi connectivity index (χ3v) is 3.87. The van der Waals surface area contributed by atoms with Crippen molar-refractivity contribution in [2.45, 2.75) is 6.92 Å². The van der Waals surface area contributed by atoms with Crippen molar-refractivity contribution in [2.24, 2.45) is 0 Å². The van der Waals surface area contributed by atoms with Gasteiger partial charge in [-0.3, -0.25) is 0 Å². The smallest absolute Gasteiger partial charge is 0.249 e. The normalized spacial score (nSPS) is 10.0. The fourth-order valence-corrected chi connectivity index (χ4v) is 2.63. The van der Waals surface area contributed by atoms with Crippen molar-refractivity contribution in [3.8, 4) is 6.07 Å². The molecule has 3 rings (SSSR count). The number of nitrogens with one attached hydrogen (secondary N) is 2. The number of rotatable bonds is 4. The molecule has 6 nitrogen and oxygen atoms in total. The number of nitrogens with zero attached hydrogens (tertiary/aromatic N) is 4. The topological polar surface area (TPSA) is 86.5 Å². The predicted molar refractivity (Wildman–Crippen MR) is 96.4 cm³/mol. The Morgan fingerprint density at radius 3 is 2.58 bits per heavy atom. The molecule has 0 aliphatic carbocycles. The van der Waals surface area contributed by atoms with Gasteiger partial charge < -0.3 is 10.6 Å². The summed E-state index contributed by atoms with van der Waals surface area (Å²) in [6, 6.07) is 15.1. The lowest BCUT2D eigenvalue weighted by atomic mass is 10.2. The fraction of sp³-hybridized carbons (Fsp3) is 0.0588. The molecule has 0 aliphatic heterocycles. The second-order valence-corrected chi connectivity index (χ2v) is 5.94. The zero-order valence-electron chi connectivity index (χ0n) is 12.8. The number of nitriles is 1. The van der Waals surface area contributed by atoms with Crippen LogP contribution < -0.4 is 10.6 Å². The van der Waals surface area contributed by atoms with Gasteiger partial charge in [0.2, 0.25) is 5.95 Å². The van der Waals surface area contributed by atoms with Crippen LogP contribution in [0.15, 0.2) is 53.1 Å². The third-order valence-electron chi connectivity index (χ3n) is 3.22. The Labute approximate surface area is 147 Å². The molecule has 0 amide bonds. The van der Waals surface area contributed by atoms with E-state index in [1.165, 1.54) is 6.20 Å². The SMILES string of the molecule is Cc1ccc(Nc2nncc(Nc3ccc(C#N)cc3)n2)c(Br)c1. The van der Waals surface area contributed by atoms with Crippen LogP contribution in [-0.2, 0) is 0 Å². The zero-order valence-corrected chi connectivity index (χ0v) is 14.4. The molecule has 3 aromatic rings. The summed E-state index contributed by atoms with van der Waals surface area (Å²) in [4.78, 5) is 4.39. The largest absolute Gasteiger partial charge is 0.339 e. The van der Waals surface area contributed by atoms with E-state index < -0.39 is 0 Å². The zero-order chi connectivity index (χ0) is 16.9. The van der Waals surface area contributed by atoms with E-state index >= 15 is 0 Å². The highest BCUT2D eigenvalue weighted by Crippen LogP contribution is 2.25. The Kier molecular flexibility index (Phi) is 4.68. The first kappa shape index (κ1) is 15.9. The molecule has 0 aliphatic rings. The Morgan fingerprint density at radius 1 is 1.08 bits per heavy atom. The van der Waals surface area contributed by atoms with Crippen molar-refractivity contribution in [3.63, 3.8) is 0 Å². The summed E-state index contributed by atoms with van der Waals surface area (Å²) in [7, 11) is 0. The maximum absolute atomic E-state index is 8.82. The molecule has 0 saturated carbocycles. The van der Waals surface area contributed by atoms with Gasteiger partial charge in [0.25, 0.3) is 0 Å². The predicted octanol–water partition coefficient (Wildman–Crippen LogP) is 4.30. The molecule has 0 atom stereocenters. The van der Waals surface area contributed by atoms with E-state index in [-0.39, 0.29) is 0 Å². The van der Waals surface area contributed by atoms with E-state index in [0.29, 0.717) is 17.3 Å². The molecule has 0 unspecified atom stereocenters. The molecule has 2 aromatic carbocycles. The molecule has 7 heteroatoms. The van der Waals surface area contributed by atoms with Crippen LogP contribution in [0.5, 0.6) is 0 Å². The van der Waals surface area contributed by atoms with Crippen LogP contribution in [0.1, 0.15) is 11.1 Å². The molecular weight excluding hydrogens is 368 g/mol. The molecule has 1 heterocycles. The van der Waals surface area contributed by atoms with Crippen LogP contribution in [0.25, 0.3) is 0 Å². The molecule has 24 heavy (non-hydrogen) atoms. The Hall–Kier alpha value is -2.98. The number of benzene rings is 2. The average molecular weight is 381 g/mol. The van der Waals surface area contributed by atoms with Crippen LogP contribution in [0.4, 0.5) is 23.1 Å². The lowest BCUT2D eigenvalue weighted by molar-refractivity contribution is 0.982. The van der Waals surface area contributed by atoms with Crippen LogP contribution in [-0.4, -0.2) is 15.2 Å². The van der Waals surface area contributed by atoms with Gasteiger partial charge in [0.05, 0.1) is 23.5 Å². The molecule has 0 radical (unpaired) electrons. The van der Waals surface area contributed by atoms with Crippen molar-refractivity contribution >= 4 is 39.1 Å². The summed E-state index contributed by atoms with van der Waals surface area (Å²) >= 11 is 3.51. The maximum atomic E-state index is 8.82.